The fourth-order valence-corrected chi connectivity index (χ4v) is 2.62. The maximum Gasteiger partial charge on any atom is 0.299 e. The minimum Gasteiger partial charge on any atom is -0.300 e. The number of fused-ring (bicyclic) bond motifs is 1. The molecule has 1 aromatic heterocycles. The van der Waals surface area contributed by atoms with Crippen LogP contribution < -0.4 is 4.90 Å². The predicted octanol–water partition coefficient (Wildman–Crippen LogP) is 2.40. The minimum absolute atomic E-state index is 0.355. The monoisotopic (exact) mass is 333 g/mol. The molecule has 5 nitrogen and oxygen atoms in total. The summed E-state index contributed by atoms with van der Waals surface area (Å²) in [4.78, 5) is 25.5. The van der Waals surface area contributed by atoms with Gasteiger partial charge in [0.25, 0.3) is 11.7 Å². The molecule has 0 spiro atoms. The van der Waals surface area contributed by atoms with Gasteiger partial charge in [0.1, 0.15) is 0 Å². The summed E-state index contributed by atoms with van der Waals surface area (Å²) in [6.45, 7) is 3.12. The fourth-order valence-electron chi connectivity index (χ4n) is 2.27. The SMILES string of the molecule is CCn1cc(CN2C(=O)C(=O)c3ccc(Br)cc32)cn1. The number of nitrogens with zero attached hydrogens (tertiary/aromatic N) is 3. The van der Waals surface area contributed by atoms with Crippen molar-refractivity contribution in [2.75, 3.05) is 4.90 Å². The van der Waals surface area contributed by atoms with E-state index in [0.717, 1.165) is 16.6 Å². The molecule has 0 unspecified atom stereocenters. The van der Waals surface area contributed by atoms with E-state index in [0.29, 0.717) is 17.8 Å². The summed E-state index contributed by atoms with van der Waals surface area (Å²) >= 11 is 3.37. The van der Waals surface area contributed by atoms with Gasteiger partial charge >= 0.3 is 0 Å². The second-order valence-electron chi connectivity index (χ2n) is 4.59. The summed E-state index contributed by atoms with van der Waals surface area (Å²) in [7, 11) is 0. The molecular weight excluding hydrogens is 322 g/mol. The number of hydrogen-bond donors (Lipinski definition) is 0. The zero-order chi connectivity index (χ0) is 14.3. The lowest BCUT2D eigenvalue weighted by Crippen LogP contribution is -2.29. The zero-order valence-corrected chi connectivity index (χ0v) is 12.4. The first kappa shape index (κ1) is 13.1. The summed E-state index contributed by atoms with van der Waals surface area (Å²) in [6, 6.07) is 5.24. The topological polar surface area (TPSA) is 55.2 Å². The van der Waals surface area contributed by atoms with Gasteiger partial charge in [0.15, 0.2) is 0 Å². The van der Waals surface area contributed by atoms with Crippen molar-refractivity contribution in [1.82, 2.24) is 9.78 Å². The van der Waals surface area contributed by atoms with Crippen LogP contribution in [0.5, 0.6) is 0 Å². The van der Waals surface area contributed by atoms with E-state index < -0.39 is 11.7 Å². The van der Waals surface area contributed by atoms with Crippen molar-refractivity contribution in [2.45, 2.75) is 20.0 Å². The molecule has 1 aliphatic heterocycles. The summed E-state index contributed by atoms with van der Waals surface area (Å²) in [5, 5.41) is 4.18. The summed E-state index contributed by atoms with van der Waals surface area (Å²) in [5.74, 6) is -0.933. The molecule has 20 heavy (non-hydrogen) atoms. The quantitative estimate of drug-likeness (QED) is 0.810. The van der Waals surface area contributed by atoms with Gasteiger partial charge in [-0.25, -0.2) is 0 Å². The smallest absolute Gasteiger partial charge is 0.299 e. The molecule has 0 saturated heterocycles. The number of ketones is 1. The van der Waals surface area contributed by atoms with Crippen molar-refractivity contribution in [2.24, 2.45) is 0 Å². The van der Waals surface area contributed by atoms with Gasteiger partial charge in [-0.3, -0.25) is 14.3 Å². The van der Waals surface area contributed by atoms with Crippen LogP contribution in [0.3, 0.4) is 0 Å². The predicted molar refractivity (Wildman–Crippen MR) is 77.6 cm³/mol. The Balaban J connectivity index is 1.96. The molecule has 0 N–H and O–H groups in total. The molecule has 3 rings (SSSR count). The van der Waals surface area contributed by atoms with Crippen molar-refractivity contribution < 1.29 is 9.59 Å². The maximum atomic E-state index is 12.1. The van der Waals surface area contributed by atoms with Crippen LogP contribution in [0, 0.1) is 0 Å². The number of rotatable bonds is 3. The van der Waals surface area contributed by atoms with Gasteiger partial charge in [0, 0.05) is 22.8 Å². The van der Waals surface area contributed by atoms with Crippen LogP contribution in [0.25, 0.3) is 0 Å². The van der Waals surface area contributed by atoms with Crippen LogP contribution >= 0.6 is 15.9 Å². The van der Waals surface area contributed by atoms with Gasteiger partial charge in [-0.05, 0) is 25.1 Å². The van der Waals surface area contributed by atoms with Gasteiger partial charge in [-0.2, -0.15) is 5.10 Å². The maximum absolute atomic E-state index is 12.1. The van der Waals surface area contributed by atoms with Gasteiger partial charge in [0.05, 0.1) is 24.0 Å². The van der Waals surface area contributed by atoms with Crippen molar-refractivity contribution in [3.05, 3.63) is 46.2 Å². The zero-order valence-electron chi connectivity index (χ0n) is 10.8. The molecule has 0 saturated carbocycles. The van der Waals surface area contributed by atoms with E-state index in [1.807, 2.05) is 13.1 Å². The van der Waals surface area contributed by atoms with E-state index in [1.165, 1.54) is 4.90 Å². The molecule has 6 heteroatoms. The van der Waals surface area contributed by atoms with E-state index in [1.54, 1.807) is 29.1 Å². The highest BCUT2D eigenvalue weighted by Crippen LogP contribution is 2.32. The third kappa shape index (κ3) is 2.06. The van der Waals surface area contributed by atoms with Crippen LogP contribution in [0.15, 0.2) is 35.1 Å². The van der Waals surface area contributed by atoms with Crippen molar-refractivity contribution in [1.29, 1.82) is 0 Å². The van der Waals surface area contributed by atoms with Gasteiger partial charge in [0.2, 0.25) is 0 Å². The molecule has 0 aliphatic carbocycles. The van der Waals surface area contributed by atoms with E-state index in [-0.39, 0.29) is 0 Å². The number of carbonyl (C=O) groups excluding carboxylic acids is 2. The Labute approximate surface area is 124 Å². The molecule has 2 heterocycles. The number of halogens is 1. The first-order valence-electron chi connectivity index (χ1n) is 6.27. The van der Waals surface area contributed by atoms with E-state index >= 15 is 0 Å². The summed E-state index contributed by atoms with van der Waals surface area (Å²) in [6.07, 6.45) is 3.60. The third-order valence-corrected chi connectivity index (χ3v) is 3.78. The first-order chi connectivity index (χ1) is 9.60. The molecule has 1 aliphatic rings. The van der Waals surface area contributed by atoms with Crippen LogP contribution in [-0.2, 0) is 17.9 Å². The number of Topliss-reactive ketones (excluding diaryl/α,β-unsaturated/α-hetero) is 1. The van der Waals surface area contributed by atoms with Crippen molar-refractivity contribution in [3.63, 3.8) is 0 Å². The van der Waals surface area contributed by atoms with Crippen molar-refractivity contribution >= 4 is 33.3 Å². The Morgan fingerprint density at radius 2 is 2.10 bits per heavy atom. The molecule has 102 valence electrons. The lowest BCUT2D eigenvalue weighted by atomic mass is 10.1. The second kappa shape index (κ2) is 4.86. The van der Waals surface area contributed by atoms with Crippen LogP contribution in [-0.4, -0.2) is 21.5 Å². The average Bonchev–Trinajstić information content (AvgIpc) is 2.98. The minimum atomic E-state index is -0.484. The number of hydrogen-bond acceptors (Lipinski definition) is 3. The normalized spacial score (nSPS) is 14.0. The van der Waals surface area contributed by atoms with E-state index in [9.17, 15) is 9.59 Å². The number of carbonyl (C=O) groups is 2. The molecule has 0 atom stereocenters. The summed E-state index contributed by atoms with van der Waals surface area (Å²) in [5.41, 5.74) is 2.01. The molecule has 1 amide bonds. The third-order valence-electron chi connectivity index (χ3n) is 3.29. The standard InChI is InChI=1S/C14H12BrN3O2/c1-2-17-7-9(6-16-17)8-18-12-5-10(15)3-4-11(12)13(19)14(18)20/h3-7H,2,8H2,1H3. The Bertz CT molecular complexity index is 708. The van der Waals surface area contributed by atoms with Gasteiger partial charge in [-0.1, -0.05) is 15.9 Å². The highest BCUT2D eigenvalue weighted by Gasteiger charge is 2.35. The van der Waals surface area contributed by atoms with Crippen LogP contribution in [0.1, 0.15) is 22.8 Å². The van der Waals surface area contributed by atoms with Crippen LogP contribution in [0.4, 0.5) is 5.69 Å². The number of aryl methyl sites for hydroxylation is 1. The highest BCUT2D eigenvalue weighted by molar-refractivity contribution is 9.10. The Kier molecular flexibility index (Phi) is 3.17. The number of benzene rings is 1. The molecule has 0 radical (unpaired) electrons. The van der Waals surface area contributed by atoms with Crippen LogP contribution in [0.2, 0.25) is 0 Å². The van der Waals surface area contributed by atoms with E-state index in [4.69, 9.17) is 0 Å². The number of amides is 1. The summed E-state index contributed by atoms with van der Waals surface area (Å²) < 4.78 is 2.63. The number of anilines is 1. The lowest BCUT2D eigenvalue weighted by Gasteiger charge is -2.15. The first-order valence-corrected chi connectivity index (χ1v) is 7.06. The van der Waals surface area contributed by atoms with Gasteiger partial charge in [-0.15, -0.1) is 0 Å². The molecule has 1 aromatic carbocycles. The Morgan fingerprint density at radius 1 is 1.30 bits per heavy atom. The Hall–Kier alpha value is -1.95. The number of aromatic nitrogens is 2. The van der Waals surface area contributed by atoms with Crippen molar-refractivity contribution in [3.8, 4) is 0 Å². The fraction of sp³-hybridized carbons (Fsp3) is 0.214. The van der Waals surface area contributed by atoms with E-state index in [2.05, 4.69) is 21.0 Å². The highest BCUT2D eigenvalue weighted by atomic mass is 79.9. The largest absolute Gasteiger partial charge is 0.300 e. The Morgan fingerprint density at radius 3 is 2.80 bits per heavy atom. The second-order valence-corrected chi connectivity index (χ2v) is 5.50. The molecule has 0 fully saturated rings. The molecular formula is C14H12BrN3O2. The average molecular weight is 334 g/mol. The molecule has 2 aromatic rings. The molecule has 0 bridgehead atoms. The van der Waals surface area contributed by atoms with Gasteiger partial charge < -0.3 is 4.90 Å². The lowest BCUT2D eigenvalue weighted by molar-refractivity contribution is -0.114.